The number of amidine groups is 1. The summed E-state index contributed by atoms with van der Waals surface area (Å²) in [4.78, 5) is 4.04. The average Bonchev–Trinajstić information content (AvgIpc) is 2.34. The van der Waals surface area contributed by atoms with E-state index in [1.165, 1.54) is 0 Å². The van der Waals surface area contributed by atoms with Crippen LogP contribution in [0.5, 0.6) is 0 Å². The fourth-order valence-electron chi connectivity index (χ4n) is 1.93. The van der Waals surface area contributed by atoms with Crippen LogP contribution in [-0.2, 0) is 4.74 Å². The van der Waals surface area contributed by atoms with E-state index in [9.17, 15) is 13.2 Å². The second-order valence-corrected chi connectivity index (χ2v) is 4.99. The first-order chi connectivity index (χ1) is 8.69. The third kappa shape index (κ3) is 2.22. The van der Waals surface area contributed by atoms with Crippen molar-refractivity contribution >= 4 is 5.84 Å². The number of allylic oxidation sites excluding steroid dienone is 2. The van der Waals surface area contributed by atoms with Crippen LogP contribution < -0.4 is 11.1 Å². The normalized spacial score (nSPS) is 38.8. The highest BCUT2D eigenvalue weighted by atomic mass is 19.4. The molecule has 105 valence electrons. The number of alkyl halides is 3. The maximum absolute atomic E-state index is 12.9. The molecule has 0 aromatic heterocycles. The lowest BCUT2D eigenvalue weighted by molar-refractivity contribution is -0.249. The molecule has 0 amide bonds. The Kier molecular flexibility index (Phi) is 3.12. The Hall–Kier alpha value is -1.50. The van der Waals surface area contributed by atoms with E-state index in [1.54, 1.807) is 25.2 Å². The molecule has 0 fully saturated rings. The van der Waals surface area contributed by atoms with E-state index in [1.807, 2.05) is 0 Å². The van der Waals surface area contributed by atoms with Gasteiger partial charge >= 0.3 is 6.18 Å². The summed E-state index contributed by atoms with van der Waals surface area (Å²) in [6.45, 7) is 2.39. The van der Waals surface area contributed by atoms with Gasteiger partial charge in [-0.05, 0) is 19.9 Å². The molecule has 0 bridgehead atoms. The van der Waals surface area contributed by atoms with Crippen molar-refractivity contribution in [3.05, 3.63) is 24.4 Å². The van der Waals surface area contributed by atoms with Gasteiger partial charge in [0.25, 0.3) is 0 Å². The van der Waals surface area contributed by atoms with Crippen molar-refractivity contribution in [2.45, 2.75) is 37.2 Å². The number of hydrogen-bond donors (Lipinski definition) is 2. The number of aliphatic imine (C=N–C) groups is 1. The van der Waals surface area contributed by atoms with Crippen molar-refractivity contribution in [3.8, 4) is 0 Å². The molecule has 19 heavy (non-hydrogen) atoms. The summed E-state index contributed by atoms with van der Waals surface area (Å²) in [7, 11) is 0. The number of ether oxygens (including phenoxy) is 1. The quantitative estimate of drug-likeness (QED) is 0.757. The first-order valence-corrected chi connectivity index (χ1v) is 5.77. The zero-order chi connectivity index (χ0) is 14.3. The van der Waals surface area contributed by atoms with Crippen LogP contribution in [0.3, 0.4) is 0 Å². The largest absolute Gasteiger partial charge is 0.424 e. The summed E-state index contributed by atoms with van der Waals surface area (Å²) in [6, 6.07) is -0.311. The van der Waals surface area contributed by atoms with Gasteiger partial charge in [0.15, 0.2) is 0 Å². The molecule has 1 radical (unpaired) electrons. The molecule has 3 N–H and O–H groups in total. The van der Waals surface area contributed by atoms with Crippen molar-refractivity contribution < 1.29 is 17.9 Å². The summed E-state index contributed by atoms with van der Waals surface area (Å²) >= 11 is 0. The minimum atomic E-state index is -4.59. The molecule has 2 aliphatic rings. The number of rotatable bonds is 1. The average molecular weight is 274 g/mol. The van der Waals surface area contributed by atoms with Crippen molar-refractivity contribution in [1.82, 2.24) is 5.32 Å². The lowest BCUT2D eigenvalue weighted by atomic mass is 9.89. The molecule has 7 heteroatoms. The molecule has 0 spiro atoms. The minimum Gasteiger partial charge on any atom is -0.385 e. The second kappa shape index (κ2) is 4.26. The summed E-state index contributed by atoms with van der Waals surface area (Å²) in [5.74, 6) is -0.557. The Labute approximate surface area is 109 Å². The Morgan fingerprint density at radius 3 is 2.68 bits per heavy atom. The fraction of sp³-hybridized carbons (Fsp3) is 0.583. The molecule has 0 saturated heterocycles. The van der Waals surface area contributed by atoms with Gasteiger partial charge in [-0.1, -0.05) is 12.2 Å². The topological polar surface area (TPSA) is 59.6 Å². The molecule has 1 unspecified atom stereocenters. The summed E-state index contributed by atoms with van der Waals surface area (Å²) in [5.41, 5.74) is 2.09. The van der Waals surface area contributed by atoms with Crippen LogP contribution in [0.1, 0.15) is 13.8 Å². The van der Waals surface area contributed by atoms with Crippen molar-refractivity contribution in [3.63, 3.8) is 0 Å². The molecule has 4 nitrogen and oxygen atoms in total. The molecule has 2 rings (SSSR count). The Bertz CT molecular complexity index is 458. The van der Waals surface area contributed by atoms with E-state index in [-0.39, 0.29) is 12.6 Å². The Morgan fingerprint density at radius 1 is 1.53 bits per heavy atom. The van der Waals surface area contributed by atoms with Crippen LogP contribution in [0, 0.1) is 6.20 Å². The van der Waals surface area contributed by atoms with Crippen LogP contribution in [0.2, 0.25) is 0 Å². The first-order valence-electron chi connectivity index (χ1n) is 5.77. The number of dihydropyridines is 1. The molecule has 0 saturated carbocycles. The van der Waals surface area contributed by atoms with E-state index in [0.717, 1.165) is 6.92 Å². The van der Waals surface area contributed by atoms with Crippen LogP contribution in [0.25, 0.3) is 0 Å². The number of halogens is 3. The van der Waals surface area contributed by atoms with Gasteiger partial charge in [0.1, 0.15) is 11.4 Å². The maximum Gasteiger partial charge on any atom is 0.424 e. The van der Waals surface area contributed by atoms with Gasteiger partial charge < -0.3 is 15.8 Å². The second-order valence-electron chi connectivity index (χ2n) is 4.99. The highest BCUT2D eigenvalue weighted by Gasteiger charge is 2.59. The van der Waals surface area contributed by atoms with Gasteiger partial charge in [0, 0.05) is 0 Å². The molecule has 2 aliphatic heterocycles. The zero-order valence-electron chi connectivity index (χ0n) is 10.6. The molecule has 0 aliphatic carbocycles. The number of nitrogens with one attached hydrogen (secondary N) is 1. The van der Waals surface area contributed by atoms with Crippen molar-refractivity contribution in [1.29, 1.82) is 0 Å². The highest BCUT2D eigenvalue weighted by Crippen LogP contribution is 2.38. The number of nitrogens with zero attached hydrogens (tertiary/aromatic N) is 1. The summed E-state index contributed by atoms with van der Waals surface area (Å²) < 4.78 is 43.8. The molecular formula is C12H15F3N3O. The monoisotopic (exact) mass is 274 g/mol. The van der Waals surface area contributed by atoms with E-state index in [0.29, 0.717) is 0 Å². The van der Waals surface area contributed by atoms with Gasteiger partial charge in [-0.25, -0.2) is 0 Å². The van der Waals surface area contributed by atoms with Gasteiger partial charge in [0.2, 0.25) is 5.60 Å². The molecular weight excluding hydrogens is 259 g/mol. The smallest absolute Gasteiger partial charge is 0.385 e. The van der Waals surface area contributed by atoms with Crippen molar-refractivity contribution in [2.75, 3.05) is 6.61 Å². The van der Waals surface area contributed by atoms with Crippen LogP contribution in [0.15, 0.2) is 23.2 Å². The summed E-state index contributed by atoms with van der Waals surface area (Å²) in [5, 5.41) is 2.90. The van der Waals surface area contributed by atoms with E-state index in [4.69, 9.17) is 10.5 Å². The third-order valence-corrected chi connectivity index (χ3v) is 3.45. The summed E-state index contributed by atoms with van der Waals surface area (Å²) in [6.07, 6.45) is 3.37. The highest BCUT2D eigenvalue weighted by molar-refractivity contribution is 5.90. The third-order valence-electron chi connectivity index (χ3n) is 3.45. The standard InChI is InChI=1S/C12H15F3N3O/c1-10(8-5-3-4-6-17-8)7-19-11(2,9(16)18-10)12(13,14)15/h3-5,8,17H,7H2,1-2H3,(H2,16,18)/t8?,10-,11+/m0/s1. The van der Waals surface area contributed by atoms with Gasteiger partial charge in [-0.3, -0.25) is 4.99 Å². The van der Waals surface area contributed by atoms with E-state index in [2.05, 4.69) is 16.5 Å². The fourth-order valence-corrected chi connectivity index (χ4v) is 1.93. The number of nitrogens with two attached hydrogens (primary N) is 1. The van der Waals surface area contributed by atoms with Gasteiger partial charge in [-0.2, -0.15) is 13.2 Å². The lowest BCUT2D eigenvalue weighted by Gasteiger charge is -2.43. The van der Waals surface area contributed by atoms with E-state index < -0.39 is 23.2 Å². The lowest BCUT2D eigenvalue weighted by Crippen LogP contribution is -2.63. The Balaban J connectivity index is 2.30. The molecule has 3 atom stereocenters. The minimum absolute atomic E-state index is 0.187. The SMILES string of the molecule is C[C@@]1(C2C=CC=[C]N2)CO[C@@](C)(C(F)(F)F)C(N)=N1. The van der Waals surface area contributed by atoms with Crippen LogP contribution in [0.4, 0.5) is 13.2 Å². The first kappa shape index (κ1) is 13.9. The molecule has 0 aromatic carbocycles. The molecule has 2 heterocycles. The Morgan fingerprint density at radius 2 is 2.21 bits per heavy atom. The van der Waals surface area contributed by atoms with Gasteiger partial charge in [-0.15, -0.1) is 0 Å². The van der Waals surface area contributed by atoms with Gasteiger partial charge in [0.05, 0.1) is 18.8 Å². The van der Waals surface area contributed by atoms with Crippen LogP contribution >= 0.6 is 0 Å². The predicted octanol–water partition coefficient (Wildman–Crippen LogP) is 1.30. The maximum atomic E-state index is 12.9. The number of hydrogen-bond acceptors (Lipinski definition) is 4. The predicted molar refractivity (Wildman–Crippen MR) is 64.3 cm³/mol. The van der Waals surface area contributed by atoms with Crippen molar-refractivity contribution in [2.24, 2.45) is 10.7 Å². The van der Waals surface area contributed by atoms with E-state index >= 15 is 0 Å². The molecule has 0 aromatic rings. The zero-order valence-corrected chi connectivity index (χ0v) is 10.6. The van der Waals surface area contributed by atoms with Crippen LogP contribution in [-0.4, -0.2) is 35.8 Å².